The van der Waals surface area contributed by atoms with Crippen LogP contribution in [-0.4, -0.2) is 16.8 Å². The zero-order valence-corrected chi connectivity index (χ0v) is 12.5. The Labute approximate surface area is 128 Å². The van der Waals surface area contributed by atoms with E-state index < -0.39 is 11.5 Å². The lowest BCUT2D eigenvalue weighted by Gasteiger charge is -2.20. The van der Waals surface area contributed by atoms with Gasteiger partial charge in [-0.1, -0.05) is 48.0 Å². The molecule has 1 aliphatic rings. The molecule has 112 valence electrons. The van der Waals surface area contributed by atoms with E-state index in [0.717, 1.165) is 11.1 Å². The van der Waals surface area contributed by atoms with E-state index in [4.69, 9.17) is 0 Å². The number of nitrogens with one attached hydrogen (secondary N) is 1. The molecule has 1 heterocycles. The lowest BCUT2D eigenvalue weighted by Crippen LogP contribution is -2.36. The predicted octanol–water partition coefficient (Wildman–Crippen LogP) is 2.72. The van der Waals surface area contributed by atoms with Crippen LogP contribution in [0.15, 0.2) is 42.5 Å². The SMILES string of the molecule is Cc1ccc(C(=O)C[C@@]2(O)C(=O)Nc3c(C)cccc32)cc1. The minimum atomic E-state index is -1.80. The molecule has 0 fully saturated rings. The molecule has 22 heavy (non-hydrogen) atoms. The number of ketones is 1. The molecule has 0 spiro atoms. The van der Waals surface area contributed by atoms with Crippen LogP contribution < -0.4 is 5.32 Å². The molecule has 0 aromatic heterocycles. The topological polar surface area (TPSA) is 66.4 Å². The minimum Gasteiger partial charge on any atom is -0.375 e. The van der Waals surface area contributed by atoms with Crippen molar-refractivity contribution in [1.82, 2.24) is 0 Å². The Balaban J connectivity index is 1.95. The lowest BCUT2D eigenvalue weighted by molar-refractivity contribution is -0.133. The Kier molecular flexibility index (Phi) is 3.34. The Morgan fingerprint density at radius 1 is 1.14 bits per heavy atom. The van der Waals surface area contributed by atoms with E-state index in [2.05, 4.69) is 5.32 Å². The van der Waals surface area contributed by atoms with Crippen LogP contribution in [0.3, 0.4) is 0 Å². The quantitative estimate of drug-likeness (QED) is 0.856. The molecule has 0 saturated heterocycles. The van der Waals surface area contributed by atoms with Crippen molar-refractivity contribution in [3.8, 4) is 0 Å². The normalized spacial score (nSPS) is 19.7. The molecule has 1 aliphatic heterocycles. The van der Waals surface area contributed by atoms with Gasteiger partial charge < -0.3 is 10.4 Å². The number of Topliss-reactive ketones (excluding diaryl/α,β-unsaturated/α-hetero) is 1. The molecule has 0 radical (unpaired) electrons. The highest BCUT2D eigenvalue weighted by Gasteiger charge is 2.47. The van der Waals surface area contributed by atoms with Crippen molar-refractivity contribution in [1.29, 1.82) is 0 Å². The van der Waals surface area contributed by atoms with Gasteiger partial charge in [0.05, 0.1) is 12.1 Å². The third-order valence-corrected chi connectivity index (χ3v) is 4.12. The van der Waals surface area contributed by atoms with Gasteiger partial charge >= 0.3 is 0 Å². The summed E-state index contributed by atoms with van der Waals surface area (Å²) in [5.74, 6) is -0.802. The van der Waals surface area contributed by atoms with Crippen LogP contribution in [-0.2, 0) is 10.4 Å². The number of rotatable bonds is 3. The monoisotopic (exact) mass is 295 g/mol. The van der Waals surface area contributed by atoms with Gasteiger partial charge in [0.25, 0.3) is 5.91 Å². The molecule has 4 heteroatoms. The maximum absolute atomic E-state index is 12.4. The van der Waals surface area contributed by atoms with Crippen LogP contribution >= 0.6 is 0 Å². The number of amides is 1. The van der Waals surface area contributed by atoms with Crippen molar-refractivity contribution < 1.29 is 14.7 Å². The van der Waals surface area contributed by atoms with Gasteiger partial charge in [-0.05, 0) is 19.4 Å². The summed E-state index contributed by atoms with van der Waals surface area (Å²) >= 11 is 0. The first-order valence-corrected chi connectivity index (χ1v) is 7.15. The zero-order chi connectivity index (χ0) is 15.9. The average molecular weight is 295 g/mol. The number of aryl methyl sites for hydroxylation is 2. The third-order valence-electron chi connectivity index (χ3n) is 4.12. The average Bonchev–Trinajstić information content (AvgIpc) is 2.73. The number of aliphatic hydroxyl groups is 1. The fourth-order valence-electron chi connectivity index (χ4n) is 2.77. The van der Waals surface area contributed by atoms with Gasteiger partial charge in [0.15, 0.2) is 11.4 Å². The number of anilines is 1. The molecule has 0 unspecified atom stereocenters. The van der Waals surface area contributed by atoms with E-state index in [1.165, 1.54) is 0 Å². The number of hydrogen-bond donors (Lipinski definition) is 2. The van der Waals surface area contributed by atoms with Crippen molar-refractivity contribution in [2.75, 3.05) is 5.32 Å². The van der Waals surface area contributed by atoms with Crippen LogP contribution in [0.25, 0.3) is 0 Å². The number of hydrogen-bond acceptors (Lipinski definition) is 3. The zero-order valence-electron chi connectivity index (χ0n) is 12.5. The summed E-state index contributed by atoms with van der Waals surface area (Å²) < 4.78 is 0. The van der Waals surface area contributed by atoms with Crippen molar-refractivity contribution in [2.45, 2.75) is 25.9 Å². The summed E-state index contributed by atoms with van der Waals surface area (Å²) in [5.41, 5.74) is 1.68. The molecular weight excluding hydrogens is 278 g/mol. The summed E-state index contributed by atoms with van der Waals surface area (Å²) in [6, 6.07) is 12.4. The van der Waals surface area contributed by atoms with E-state index in [1.807, 2.05) is 32.0 Å². The van der Waals surface area contributed by atoms with Gasteiger partial charge in [-0.2, -0.15) is 0 Å². The summed E-state index contributed by atoms with van der Waals surface area (Å²) in [6.45, 7) is 3.79. The van der Waals surface area contributed by atoms with Gasteiger partial charge in [-0.15, -0.1) is 0 Å². The van der Waals surface area contributed by atoms with Gasteiger partial charge in [0.2, 0.25) is 0 Å². The molecule has 4 nitrogen and oxygen atoms in total. The summed E-state index contributed by atoms with van der Waals surface area (Å²) in [5, 5.41) is 13.5. The summed E-state index contributed by atoms with van der Waals surface area (Å²) in [6.07, 6.45) is -0.266. The van der Waals surface area contributed by atoms with E-state index in [0.29, 0.717) is 16.8 Å². The van der Waals surface area contributed by atoms with E-state index in [-0.39, 0.29) is 12.2 Å². The first-order valence-electron chi connectivity index (χ1n) is 7.15. The highest BCUT2D eigenvalue weighted by molar-refractivity contribution is 6.09. The lowest BCUT2D eigenvalue weighted by atomic mass is 9.87. The highest BCUT2D eigenvalue weighted by atomic mass is 16.3. The van der Waals surface area contributed by atoms with Gasteiger partial charge in [0.1, 0.15) is 0 Å². The molecule has 2 aromatic rings. The number of carbonyl (C=O) groups excluding carboxylic acids is 2. The van der Waals surface area contributed by atoms with Crippen LogP contribution in [0.5, 0.6) is 0 Å². The standard InChI is InChI=1S/C18H17NO3/c1-11-6-8-13(9-7-11)15(20)10-18(22)14-5-3-4-12(2)16(14)19-17(18)21/h3-9,22H,10H2,1-2H3,(H,19,21)/t18-/m0/s1. The molecule has 2 aromatic carbocycles. The predicted molar refractivity (Wildman–Crippen MR) is 83.8 cm³/mol. The van der Waals surface area contributed by atoms with Crippen molar-refractivity contribution >= 4 is 17.4 Å². The Bertz CT molecular complexity index is 764. The second-order valence-corrected chi connectivity index (χ2v) is 5.78. The highest BCUT2D eigenvalue weighted by Crippen LogP contribution is 2.40. The van der Waals surface area contributed by atoms with Crippen molar-refractivity contribution in [3.63, 3.8) is 0 Å². The first-order chi connectivity index (χ1) is 10.4. The van der Waals surface area contributed by atoms with Crippen molar-refractivity contribution in [3.05, 3.63) is 64.7 Å². The van der Waals surface area contributed by atoms with Crippen molar-refractivity contribution in [2.24, 2.45) is 0 Å². The smallest absolute Gasteiger partial charge is 0.261 e. The molecular formula is C18H17NO3. The number of fused-ring (bicyclic) bond motifs is 1. The molecule has 0 saturated carbocycles. The number of benzene rings is 2. The second-order valence-electron chi connectivity index (χ2n) is 5.78. The minimum absolute atomic E-state index is 0.257. The molecule has 0 aliphatic carbocycles. The van der Waals surface area contributed by atoms with Crippen LogP contribution in [0.2, 0.25) is 0 Å². The third kappa shape index (κ3) is 2.22. The van der Waals surface area contributed by atoms with Crippen LogP contribution in [0.4, 0.5) is 5.69 Å². The number of carbonyl (C=O) groups is 2. The second kappa shape index (κ2) is 5.07. The van der Waals surface area contributed by atoms with Crippen LogP contribution in [0.1, 0.15) is 33.5 Å². The molecule has 1 atom stereocenters. The van der Waals surface area contributed by atoms with Gasteiger partial charge in [0, 0.05) is 11.1 Å². The molecule has 3 rings (SSSR count). The van der Waals surface area contributed by atoms with Crippen LogP contribution in [0, 0.1) is 13.8 Å². The van der Waals surface area contributed by atoms with E-state index in [1.54, 1.807) is 24.3 Å². The molecule has 0 bridgehead atoms. The van der Waals surface area contributed by atoms with E-state index >= 15 is 0 Å². The Morgan fingerprint density at radius 3 is 2.50 bits per heavy atom. The fourth-order valence-corrected chi connectivity index (χ4v) is 2.77. The maximum Gasteiger partial charge on any atom is 0.261 e. The summed E-state index contributed by atoms with van der Waals surface area (Å²) in [7, 11) is 0. The summed E-state index contributed by atoms with van der Waals surface area (Å²) in [4.78, 5) is 24.6. The van der Waals surface area contributed by atoms with E-state index in [9.17, 15) is 14.7 Å². The first kappa shape index (κ1) is 14.5. The Morgan fingerprint density at radius 2 is 1.82 bits per heavy atom. The molecule has 2 N–H and O–H groups in total. The largest absolute Gasteiger partial charge is 0.375 e. The fraction of sp³-hybridized carbons (Fsp3) is 0.222. The molecule has 1 amide bonds. The Hall–Kier alpha value is -2.46. The van der Waals surface area contributed by atoms with Gasteiger partial charge in [-0.25, -0.2) is 0 Å². The number of para-hydroxylation sites is 1. The van der Waals surface area contributed by atoms with Gasteiger partial charge in [-0.3, -0.25) is 9.59 Å². The maximum atomic E-state index is 12.4.